The van der Waals surface area contributed by atoms with Gasteiger partial charge >= 0.3 is 0 Å². The van der Waals surface area contributed by atoms with Crippen molar-refractivity contribution in [1.29, 1.82) is 0 Å². The summed E-state index contributed by atoms with van der Waals surface area (Å²) in [6, 6.07) is 9.40. The fourth-order valence-electron chi connectivity index (χ4n) is 1.48. The van der Waals surface area contributed by atoms with Gasteiger partial charge in [0.05, 0.1) is 0 Å². The Hall–Kier alpha value is -1.37. The molecule has 100 valence electrons. The van der Waals surface area contributed by atoms with Gasteiger partial charge in [0.25, 0.3) is 0 Å². The van der Waals surface area contributed by atoms with Crippen molar-refractivity contribution in [3.05, 3.63) is 39.7 Å². The summed E-state index contributed by atoms with van der Waals surface area (Å²) in [5.41, 5.74) is 5.64. The summed E-state index contributed by atoms with van der Waals surface area (Å²) in [4.78, 5) is 8.66. The minimum Gasteiger partial charge on any atom is -0.439 e. The van der Waals surface area contributed by atoms with Gasteiger partial charge in [-0.15, -0.1) is 0 Å². The molecule has 19 heavy (non-hydrogen) atoms. The minimum atomic E-state index is -0.168. The Balaban J connectivity index is 2.33. The van der Waals surface area contributed by atoms with Crippen molar-refractivity contribution < 1.29 is 4.74 Å². The highest BCUT2D eigenvalue weighted by Crippen LogP contribution is 2.26. The van der Waals surface area contributed by atoms with Crippen LogP contribution in [-0.4, -0.2) is 9.97 Å². The zero-order valence-corrected chi connectivity index (χ0v) is 13.3. The number of halogens is 1. The second-order valence-electron chi connectivity index (χ2n) is 5.26. The Bertz CT molecular complexity index is 593. The van der Waals surface area contributed by atoms with E-state index in [-0.39, 0.29) is 5.41 Å². The van der Waals surface area contributed by atoms with Crippen molar-refractivity contribution in [2.24, 2.45) is 0 Å². The van der Waals surface area contributed by atoms with Crippen LogP contribution in [-0.2, 0) is 5.41 Å². The van der Waals surface area contributed by atoms with Gasteiger partial charge in [0.2, 0.25) is 5.88 Å². The van der Waals surface area contributed by atoms with E-state index in [0.29, 0.717) is 17.5 Å². The summed E-state index contributed by atoms with van der Waals surface area (Å²) in [6.07, 6.45) is 0. The molecule has 0 unspecified atom stereocenters. The highest BCUT2D eigenvalue weighted by atomic mass is 127. The molecule has 0 aliphatic rings. The highest BCUT2D eigenvalue weighted by molar-refractivity contribution is 14.1. The first-order valence-corrected chi connectivity index (χ1v) is 7.01. The van der Waals surface area contributed by atoms with E-state index in [2.05, 4.69) is 32.6 Å². The second kappa shape index (κ2) is 5.32. The molecule has 5 heteroatoms. The summed E-state index contributed by atoms with van der Waals surface area (Å²) < 4.78 is 6.84. The number of hydrogen-bond donors (Lipinski definition) is 1. The third-order valence-corrected chi connectivity index (χ3v) is 3.08. The maximum Gasteiger partial charge on any atom is 0.224 e. The molecule has 0 fully saturated rings. The molecule has 0 atom stereocenters. The molecule has 4 nitrogen and oxygen atoms in total. The lowest BCUT2D eigenvalue weighted by Crippen LogP contribution is -2.17. The van der Waals surface area contributed by atoms with E-state index in [4.69, 9.17) is 10.5 Å². The summed E-state index contributed by atoms with van der Waals surface area (Å²) in [5, 5.41) is 0. The number of aromatic nitrogens is 2. The van der Waals surface area contributed by atoms with E-state index in [1.807, 2.05) is 45.0 Å². The van der Waals surface area contributed by atoms with Crippen molar-refractivity contribution >= 4 is 28.4 Å². The predicted octanol–water partition coefficient (Wildman–Crippen LogP) is 3.75. The van der Waals surface area contributed by atoms with Gasteiger partial charge < -0.3 is 10.5 Å². The molecule has 0 amide bonds. The van der Waals surface area contributed by atoms with Crippen LogP contribution in [0.3, 0.4) is 0 Å². The van der Waals surface area contributed by atoms with Crippen LogP contribution in [0, 0.1) is 3.57 Å². The molecular formula is C14H16IN3O. The number of anilines is 1. The first kappa shape index (κ1) is 14.0. The number of benzene rings is 1. The van der Waals surface area contributed by atoms with E-state index >= 15 is 0 Å². The number of ether oxygens (including phenoxy) is 1. The Labute approximate surface area is 126 Å². The van der Waals surface area contributed by atoms with Crippen LogP contribution < -0.4 is 10.5 Å². The van der Waals surface area contributed by atoms with Gasteiger partial charge in [-0.3, -0.25) is 0 Å². The molecule has 0 saturated heterocycles. The fraction of sp³-hybridized carbons (Fsp3) is 0.286. The summed E-state index contributed by atoms with van der Waals surface area (Å²) in [7, 11) is 0. The molecule has 1 aromatic heterocycles. The molecule has 0 saturated carbocycles. The lowest BCUT2D eigenvalue weighted by atomic mass is 9.96. The Kier molecular flexibility index (Phi) is 3.93. The minimum absolute atomic E-state index is 0.168. The molecule has 2 N–H and O–H groups in total. The van der Waals surface area contributed by atoms with Crippen molar-refractivity contribution in [2.45, 2.75) is 26.2 Å². The second-order valence-corrected chi connectivity index (χ2v) is 6.51. The smallest absolute Gasteiger partial charge is 0.224 e. The van der Waals surface area contributed by atoms with Crippen LogP contribution in [0.25, 0.3) is 0 Å². The molecule has 0 spiro atoms. The van der Waals surface area contributed by atoms with Gasteiger partial charge in [0, 0.05) is 15.1 Å². The number of rotatable bonds is 2. The lowest BCUT2D eigenvalue weighted by Gasteiger charge is -2.17. The summed E-state index contributed by atoms with van der Waals surface area (Å²) >= 11 is 2.24. The monoisotopic (exact) mass is 369 g/mol. The van der Waals surface area contributed by atoms with Crippen LogP contribution in [0.5, 0.6) is 11.6 Å². The zero-order chi connectivity index (χ0) is 14.0. The van der Waals surface area contributed by atoms with Gasteiger partial charge in [0.15, 0.2) is 0 Å². The van der Waals surface area contributed by atoms with Gasteiger partial charge in [-0.25, -0.2) is 4.98 Å². The Morgan fingerprint density at radius 2 is 1.89 bits per heavy atom. The predicted molar refractivity (Wildman–Crippen MR) is 84.4 cm³/mol. The Morgan fingerprint density at radius 1 is 1.16 bits per heavy atom. The normalized spacial score (nSPS) is 11.4. The number of nitrogens with two attached hydrogens (primary N) is 1. The topological polar surface area (TPSA) is 61.0 Å². The molecular weight excluding hydrogens is 353 g/mol. The molecule has 0 radical (unpaired) electrons. The van der Waals surface area contributed by atoms with Crippen molar-refractivity contribution in [2.75, 3.05) is 5.73 Å². The maximum absolute atomic E-state index is 5.81. The Morgan fingerprint density at radius 3 is 2.53 bits per heavy atom. The summed E-state index contributed by atoms with van der Waals surface area (Å²) in [5.74, 6) is 2.30. The standard InChI is InChI=1S/C14H16IN3O/c1-14(2,3)13-17-11(16)8-12(18-13)19-10-6-4-5-9(15)7-10/h4-8H,1-3H3,(H2,16,17,18). The first-order valence-electron chi connectivity index (χ1n) is 5.93. The lowest BCUT2D eigenvalue weighted by molar-refractivity contribution is 0.446. The zero-order valence-electron chi connectivity index (χ0n) is 11.1. The van der Waals surface area contributed by atoms with E-state index < -0.39 is 0 Å². The van der Waals surface area contributed by atoms with Gasteiger partial charge in [-0.05, 0) is 40.8 Å². The van der Waals surface area contributed by atoms with Crippen LogP contribution in [0.1, 0.15) is 26.6 Å². The molecule has 2 rings (SSSR count). The summed E-state index contributed by atoms with van der Waals surface area (Å²) in [6.45, 7) is 6.12. The van der Waals surface area contributed by atoms with Crippen LogP contribution in [0.15, 0.2) is 30.3 Å². The average Bonchev–Trinajstić information content (AvgIpc) is 2.26. The van der Waals surface area contributed by atoms with Gasteiger partial charge in [-0.2, -0.15) is 4.98 Å². The molecule has 1 aromatic carbocycles. The molecule has 0 bridgehead atoms. The van der Waals surface area contributed by atoms with E-state index in [1.54, 1.807) is 6.07 Å². The van der Waals surface area contributed by atoms with Crippen molar-refractivity contribution in [1.82, 2.24) is 9.97 Å². The average molecular weight is 369 g/mol. The van der Waals surface area contributed by atoms with E-state index in [0.717, 1.165) is 9.32 Å². The van der Waals surface area contributed by atoms with Crippen LogP contribution in [0.4, 0.5) is 5.82 Å². The first-order chi connectivity index (χ1) is 8.84. The molecule has 0 aliphatic heterocycles. The van der Waals surface area contributed by atoms with Crippen LogP contribution >= 0.6 is 22.6 Å². The molecule has 0 aliphatic carbocycles. The van der Waals surface area contributed by atoms with E-state index in [1.165, 1.54) is 0 Å². The number of nitrogen functional groups attached to an aromatic ring is 1. The maximum atomic E-state index is 5.81. The third kappa shape index (κ3) is 3.79. The number of nitrogens with zero attached hydrogens (tertiary/aromatic N) is 2. The molecule has 2 aromatic rings. The highest BCUT2D eigenvalue weighted by Gasteiger charge is 2.19. The quantitative estimate of drug-likeness (QED) is 0.819. The third-order valence-electron chi connectivity index (χ3n) is 2.41. The fourth-order valence-corrected chi connectivity index (χ4v) is 2.00. The van der Waals surface area contributed by atoms with Gasteiger partial charge in [-0.1, -0.05) is 26.8 Å². The van der Waals surface area contributed by atoms with Crippen molar-refractivity contribution in [3.63, 3.8) is 0 Å². The SMILES string of the molecule is CC(C)(C)c1nc(N)cc(Oc2cccc(I)c2)n1. The van der Waals surface area contributed by atoms with Gasteiger partial charge in [0.1, 0.15) is 17.4 Å². The van der Waals surface area contributed by atoms with Crippen LogP contribution in [0.2, 0.25) is 0 Å². The largest absolute Gasteiger partial charge is 0.439 e. The van der Waals surface area contributed by atoms with E-state index in [9.17, 15) is 0 Å². The number of hydrogen-bond acceptors (Lipinski definition) is 4. The molecule has 1 heterocycles. The van der Waals surface area contributed by atoms with Crippen molar-refractivity contribution in [3.8, 4) is 11.6 Å².